The molecule has 5 heterocycles. The Bertz CT molecular complexity index is 1110. The zero-order valence-corrected chi connectivity index (χ0v) is 20.8. The van der Waals surface area contributed by atoms with E-state index >= 15 is 0 Å². The van der Waals surface area contributed by atoms with Crippen LogP contribution in [0.1, 0.15) is 44.3 Å². The van der Waals surface area contributed by atoms with Crippen LogP contribution in [-0.2, 0) is 16.0 Å². The van der Waals surface area contributed by atoms with Gasteiger partial charge in [0, 0.05) is 64.1 Å². The summed E-state index contributed by atoms with van der Waals surface area (Å²) in [5.41, 5.74) is 1.95. The first-order valence-corrected chi connectivity index (χ1v) is 13.6. The molecule has 192 valence electrons. The summed E-state index contributed by atoms with van der Waals surface area (Å²) in [6, 6.07) is 8.35. The molecule has 2 aromatic rings. The molecule has 0 aliphatic carbocycles. The highest BCUT2D eigenvalue weighted by atomic mass is 16.2. The molecule has 4 fully saturated rings. The van der Waals surface area contributed by atoms with E-state index in [-0.39, 0.29) is 17.9 Å². The molecule has 2 unspecified atom stereocenters. The lowest BCUT2D eigenvalue weighted by molar-refractivity contribution is -0.144. The lowest BCUT2D eigenvalue weighted by Crippen LogP contribution is -2.62. The topological polar surface area (TPSA) is 102 Å². The van der Waals surface area contributed by atoms with E-state index in [2.05, 4.69) is 20.2 Å². The van der Waals surface area contributed by atoms with Crippen molar-refractivity contribution in [3.05, 3.63) is 30.1 Å². The van der Waals surface area contributed by atoms with E-state index in [1.807, 2.05) is 34.1 Å². The largest absolute Gasteiger partial charge is 0.355 e. The summed E-state index contributed by atoms with van der Waals surface area (Å²) in [6.07, 6.45) is 5.93. The summed E-state index contributed by atoms with van der Waals surface area (Å²) in [5, 5.41) is 3.06. The second-order valence-electron chi connectivity index (χ2n) is 11.1. The third-order valence-electron chi connectivity index (χ3n) is 8.69. The zero-order valence-electron chi connectivity index (χ0n) is 20.8. The monoisotopic (exact) mass is 492 g/mol. The van der Waals surface area contributed by atoms with Gasteiger partial charge in [0.05, 0.1) is 11.0 Å². The molecule has 0 radical (unpaired) electrons. The van der Waals surface area contributed by atoms with Crippen LogP contribution in [0.15, 0.2) is 24.3 Å². The molecular weight excluding hydrogens is 456 g/mol. The van der Waals surface area contributed by atoms with Gasteiger partial charge in [0.25, 0.3) is 0 Å². The van der Waals surface area contributed by atoms with E-state index in [1.54, 1.807) is 0 Å². The van der Waals surface area contributed by atoms with Crippen LogP contribution in [0.2, 0.25) is 0 Å². The number of nitrogens with one attached hydrogen (secondary N) is 2. The molecule has 2 N–H and O–H groups in total. The number of fused-ring (bicyclic) bond motifs is 5. The van der Waals surface area contributed by atoms with Gasteiger partial charge in [-0.25, -0.2) is 9.78 Å². The van der Waals surface area contributed by atoms with Crippen molar-refractivity contribution < 1.29 is 14.4 Å². The Hall–Kier alpha value is -3.10. The molecule has 9 nitrogen and oxygen atoms in total. The summed E-state index contributed by atoms with van der Waals surface area (Å²) < 4.78 is 0. The minimum absolute atomic E-state index is 0.0488. The number of amides is 4. The van der Waals surface area contributed by atoms with Crippen LogP contribution in [0.4, 0.5) is 4.79 Å². The summed E-state index contributed by atoms with van der Waals surface area (Å²) in [4.78, 5) is 52.4. The van der Waals surface area contributed by atoms with Gasteiger partial charge in [-0.3, -0.25) is 9.59 Å². The molecule has 4 aliphatic rings. The van der Waals surface area contributed by atoms with E-state index in [0.717, 1.165) is 55.8 Å². The molecule has 4 saturated heterocycles. The van der Waals surface area contributed by atoms with E-state index in [1.165, 1.54) is 0 Å². The van der Waals surface area contributed by atoms with Gasteiger partial charge < -0.3 is 25.0 Å². The van der Waals surface area contributed by atoms with Crippen molar-refractivity contribution in [1.29, 1.82) is 0 Å². The van der Waals surface area contributed by atoms with Crippen molar-refractivity contribution in [2.24, 2.45) is 17.8 Å². The molecular formula is C27H36N6O3. The molecule has 6 rings (SSSR count). The Kier molecular flexibility index (Phi) is 6.31. The smallest absolute Gasteiger partial charge is 0.320 e. The van der Waals surface area contributed by atoms with Crippen LogP contribution in [0, 0.1) is 17.8 Å². The van der Waals surface area contributed by atoms with E-state index < -0.39 is 0 Å². The van der Waals surface area contributed by atoms with Crippen LogP contribution in [0.5, 0.6) is 0 Å². The van der Waals surface area contributed by atoms with E-state index in [9.17, 15) is 14.4 Å². The van der Waals surface area contributed by atoms with Gasteiger partial charge in [0.15, 0.2) is 0 Å². The first kappa shape index (κ1) is 23.3. The average molecular weight is 493 g/mol. The quantitative estimate of drug-likeness (QED) is 0.684. The maximum Gasteiger partial charge on any atom is 0.320 e. The normalized spacial score (nSPS) is 26.7. The number of piperidine rings is 4. The number of urea groups is 1. The van der Waals surface area contributed by atoms with Gasteiger partial charge in [0.2, 0.25) is 11.8 Å². The number of nitrogens with zero attached hydrogens (tertiary/aromatic N) is 4. The number of para-hydroxylation sites is 2. The fourth-order valence-electron chi connectivity index (χ4n) is 6.87. The van der Waals surface area contributed by atoms with E-state index in [0.29, 0.717) is 69.1 Å². The number of hydrogen-bond acceptors (Lipinski definition) is 4. The predicted molar refractivity (Wildman–Crippen MR) is 135 cm³/mol. The van der Waals surface area contributed by atoms with E-state index in [4.69, 9.17) is 0 Å². The summed E-state index contributed by atoms with van der Waals surface area (Å²) in [6.45, 7) is 4.11. The molecule has 1 aromatic carbocycles. The Labute approximate surface area is 211 Å². The number of H-pyrrole nitrogens is 1. The molecule has 0 spiro atoms. The fourth-order valence-corrected chi connectivity index (χ4v) is 6.87. The number of imidazole rings is 1. The molecule has 9 heteroatoms. The number of aromatic nitrogens is 2. The molecule has 3 atom stereocenters. The molecule has 4 amide bonds. The number of carbonyl (C=O) groups is 3. The lowest BCUT2D eigenvalue weighted by atomic mass is 9.76. The van der Waals surface area contributed by atoms with Crippen LogP contribution in [0.3, 0.4) is 0 Å². The molecule has 4 aliphatic heterocycles. The highest BCUT2D eigenvalue weighted by Crippen LogP contribution is 2.38. The van der Waals surface area contributed by atoms with Gasteiger partial charge in [-0.05, 0) is 56.1 Å². The SMILES string of the molecule is O=C(NCCc1nc2ccccc2[nH]1)C1CCN(C(=O)N2CC3CC(C2)[C@H]2CCCC(=O)N2C3)CC1. The third-order valence-corrected chi connectivity index (χ3v) is 8.69. The second kappa shape index (κ2) is 9.75. The van der Waals surface area contributed by atoms with Crippen LogP contribution in [-0.4, -0.2) is 87.8 Å². The van der Waals surface area contributed by atoms with Gasteiger partial charge in [0.1, 0.15) is 5.82 Å². The maximum atomic E-state index is 13.3. The first-order valence-electron chi connectivity index (χ1n) is 13.6. The van der Waals surface area contributed by atoms with Crippen molar-refractivity contribution in [1.82, 2.24) is 30.0 Å². The maximum absolute atomic E-state index is 13.3. The number of likely N-dealkylation sites (tertiary alicyclic amines) is 2. The minimum atomic E-state index is -0.0488. The molecule has 1 aromatic heterocycles. The summed E-state index contributed by atoms with van der Waals surface area (Å²) in [5.74, 6) is 2.00. The van der Waals surface area contributed by atoms with Crippen molar-refractivity contribution >= 4 is 28.9 Å². The summed E-state index contributed by atoms with van der Waals surface area (Å²) >= 11 is 0. The highest BCUT2D eigenvalue weighted by Gasteiger charge is 2.45. The number of rotatable bonds is 4. The van der Waals surface area contributed by atoms with Crippen LogP contribution < -0.4 is 5.32 Å². The van der Waals surface area contributed by atoms with Crippen molar-refractivity contribution in [2.45, 2.75) is 51.0 Å². The first-order chi connectivity index (χ1) is 17.5. The standard InChI is InChI=1S/C27H36N6O3/c34-25-7-3-6-23-20-14-18(16-33(23)25)15-32(17-20)27(36)31-12-9-19(10-13-31)26(35)28-11-8-24-29-21-4-1-2-5-22(21)30-24/h1-2,4-5,18-20,23H,3,6-17H2,(H,28,35)(H,29,30)/t18?,20?,23-/m1/s1. The average Bonchev–Trinajstić information content (AvgIpc) is 3.32. The molecule has 36 heavy (non-hydrogen) atoms. The Morgan fingerprint density at radius 2 is 1.89 bits per heavy atom. The Morgan fingerprint density at radius 3 is 2.72 bits per heavy atom. The zero-order chi connectivity index (χ0) is 24.6. The number of hydrogen-bond donors (Lipinski definition) is 2. The highest BCUT2D eigenvalue weighted by molar-refractivity contribution is 5.80. The van der Waals surface area contributed by atoms with Gasteiger partial charge in [-0.1, -0.05) is 12.1 Å². The third kappa shape index (κ3) is 4.55. The number of carbonyl (C=O) groups excluding carboxylic acids is 3. The van der Waals surface area contributed by atoms with Crippen molar-refractivity contribution in [2.75, 3.05) is 39.3 Å². The second-order valence-corrected chi connectivity index (χ2v) is 11.1. The minimum Gasteiger partial charge on any atom is -0.355 e. The molecule has 0 saturated carbocycles. The van der Waals surface area contributed by atoms with Crippen LogP contribution >= 0.6 is 0 Å². The Balaban J connectivity index is 0.966. The van der Waals surface area contributed by atoms with Gasteiger partial charge >= 0.3 is 6.03 Å². The van der Waals surface area contributed by atoms with Crippen molar-refractivity contribution in [3.63, 3.8) is 0 Å². The van der Waals surface area contributed by atoms with Gasteiger partial charge in [-0.15, -0.1) is 0 Å². The van der Waals surface area contributed by atoms with Gasteiger partial charge in [-0.2, -0.15) is 0 Å². The molecule has 2 bridgehead atoms. The van der Waals surface area contributed by atoms with Crippen molar-refractivity contribution in [3.8, 4) is 0 Å². The lowest BCUT2D eigenvalue weighted by Gasteiger charge is -2.53. The Morgan fingerprint density at radius 1 is 1.06 bits per heavy atom. The summed E-state index contributed by atoms with van der Waals surface area (Å²) in [7, 11) is 0. The van der Waals surface area contributed by atoms with Crippen LogP contribution in [0.25, 0.3) is 11.0 Å². The fraction of sp³-hybridized carbons (Fsp3) is 0.630. The predicted octanol–water partition coefficient (Wildman–Crippen LogP) is 2.39. The number of benzene rings is 1. The number of aromatic amines is 1.